The van der Waals surface area contributed by atoms with Crippen molar-refractivity contribution in [1.82, 2.24) is 14.7 Å². The number of hydrogen-bond donors (Lipinski definition) is 1. The molecule has 0 atom stereocenters. The molecule has 1 aromatic carbocycles. The average Bonchev–Trinajstić information content (AvgIpc) is 2.84. The minimum absolute atomic E-state index is 0.258. The second kappa shape index (κ2) is 7.95. The molecule has 8 heteroatoms. The topological polar surface area (TPSA) is 33.1 Å². The smallest absolute Gasteiger partial charge is 0.370 e. The quantitative estimate of drug-likeness (QED) is 0.744. The third-order valence-electron chi connectivity index (χ3n) is 5.54. The van der Waals surface area contributed by atoms with Gasteiger partial charge in [0.15, 0.2) is 0 Å². The zero-order chi connectivity index (χ0) is 19.7. The lowest BCUT2D eigenvalue weighted by molar-refractivity contribution is -0.137. The van der Waals surface area contributed by atoms with Gasteiger partial charge < -0.3 is 5.32 Å². The van der Waals surface area contributed by atoms with Gasteiger partial charge in [-0.1, -0.05) is 18.0 Å². The van der Waals surface area contributed by atoms with Gasteiger partial charge in [-0.2, -0.15) is 18.3 Å². The summed E-state index contributed by atoms with van der Waals surface area (Å²) in [6.07, 6.45) is 2.13. The standard InChI is InChI=1S/C20H24ClF3N4/c21-16-8-7-14(20(22,23)24)12-18(16)28-19-15(6-2-3-9-25-19)17(26-28)13-27-10-4-1-5-11-27/h7-8,12,25H,1-6,9-11,13H2. The summed E-state index contributed by atoms with van der Waals surface area (Å²) < 4.78 is 41.3. The molecule has 0 spiro atoms. The van der Waals surface area contributed by atoms with Crippen LogP contribution in [0.25, 0.3) is 5.69 Å². The fourth-order valence-corrected chi connectivity index (χ4v) is 4.25. The number of alkyl halides is 3. The zero-order valence-electron chi connectivity index (χ0n) is 15.7. The number of nitrogens with one attached hydrogen (secondary N) is 1. The maximum absolute atomic E-state index is 13.2. The third-order valence-corrected chi connectivity index (χ3v) is 5.86. The largest absolute Gasteiger partial charge is 0.416 e. The maximum atomic E-state index is 13.2. The van der Waals surface area contributed by atoms with Gasteiger partial charge in [-0.3, -0.25) is 4.90 Å². The van der Waals surface area contributed by atoms with Crippen LogP contribution < -0.4 is 5.32 Å². The van der Waals surface area contributed by atoms with Crippen LogP contribution in [0.3, 0.4) is 0 Å². The Balaban J connectivity index is 1.77. The van der Waals surface area contributed by atoms with E-state index in [0.29, 0.717) is 0 Å². The molecule has 0 aliphatic carbocycles. The number of aromatic nitrogens is 2. The summed E-state index contributed by atoms with van der Waals surface area (Å²) in [6, 6.07) is 3.40. The molecule has 28 heavy (non-hydrogen) atoms. The number of nitrogens with zero attached hydrogens (tertiary/aromatic N) is 3. The van der Waals surface area contributed by atoms with E-state index < -0.39 is 11.7 Å². The lowest BCUT2D eigenvalue weighted by Gasteiger charge is -2.25. The van der Waals surface area contributed by atoms with Crippen molar-refractivity contribution in [3.8, 4) is 5.69 Å². The molecule has 0 amide bonds. The molecule has 3 heterocycles. The summed E-state index contributed by atoms with van der Waals surface area (Å²) in [5.74, 6) is 0.783. The van der Waals surface area contributed by atoms with Crippen molar-refractivity contribution in [1.29, 1.82) is 0 Å². The number of fused-ring (bicyclic) bond motifs is 1. The Hall–Kier alpha value is -1.73. The van der Waals surface area contributed by atoms with Crippen molar-refractivity contribution in [3.63, 3.8) is 0 Å². The number of halogens is 4. The summed E-state index contributed by atoms with van der Waals surface area (Å²) in [6.45, 7) is 3.59. The zero-order valence-corrected chi connectivity index (χ0v) is 16.4. The van der Waals surface area contributed by atoms with Crippen LogP contribution in [-0.4, -0.2) is 34.3 Å². The first-order chi connectivity index (χ1) is 13.4. The van der Waals surface area contributed by atoms with E-state index in [4.69, 9.17) is 16.7 Å². The second-order valence-corrected chi connectivity index (χ2v) is 7.98. The highest BCUT2D eigenvalue weighted by molar-refractivity contribution is 6.32. The lowest BCUT2D eigenvalue weighted by atomic mass is 10.1. The molecule has 1 aromatic heterocycles. The van der Waals surface area contributed by atoms with Crippen LogP contribution in [0.15, 0.2) is 18.2 Å². The van der Waals surface area contributed by atoms with Gasteiger partial charge >= 0.3 is 6.18 Å². The van der Waals surface area contributed by atoms with Crippen LogP contribution in [0.2, 0.25) is 5.02 Å². The predicted molar refractivity (Wildman–Crippen MR) is 104 cm³/mol. The van der Waals surface area contributed by atoms with Crippen molar-refractivity contribution in [2.75, 3.05) is 25.0 Å². The molecule has 2 aliphatic rings. The summed E-state index contributed by atoms with van der Waals surface area (Å²) in [4.78, 5) is 2.38. The summed E-state index contributed by atoms with van der Waals surface area (Å²) >= 11 is 6.30. The van der Waals surface area contributed by atoms with Crippen LogP contribution in [0.5, 0.6) is 0 Å². The molecule has 1 saturated heterocycles. The van der Waals surface area contributed by atoms with Crippen molar-refractivity contribution < 1.29 is 13.2 Å². The molecule has 0 unspecified atom stereocenters. The number of likely N-dealkylation sites (tertiary alicyclic amines) is 1. The molecule has 0 radical (unpaired) electrons. The Morgan fingerprint density at radius 1 is 1.07 bits per heavy atom. The van der Waals surface area contributed by atoms with E-state index in [1.807, 2.05) is 0 Å². The number of anilines is 1. The second-order valence-electron chi connectivity index (χ2n) is 7.57. The molecule has 0 saturated carbocycles. The van der Waals surface area contributed by atoms with Crippen LogP contribution in [-0.2, 0) is 19.1 Å². The Morgan fingerprint density at radius 2 is 1.86 bits per heavy atom. The van der Waals surface area contributed by atoms with Gasteiger partial charge in [0, 0.05) is 18.7 Å². The molecule has 0 bridgehead atoms. The molecule has 1 N–H and O–H groups in total. The predicted octanol–water partition coefficient (Wildman–Crippen LogP) is 5.28. The van der Waals surface area contributed by atoms with Gasteiger partial charge in [-0.05, 0) is 63.4 Å². The first kappa shape index (κ1) is 19.6. The van der Waals surface area contributed by atoms with Crippen LogP contribution in [0, 0.1) is 0 Å². The van der Waals surface area contributed by atoms with Gasteiger partial charge in [0.2, 0.25) is 0 Å². The Labute approximate surface area is 167 Å². The van der Waals surface area contributed by atoms with E-state index in [1.165, 1.54) is 25.3 Å². The number of benzene rings is 1. The molecule has 2 aromatic rings. The van der Waals surface area contributed by atoms with E-state index in [9.17, 15) is 13.2 Å². The molecule has 4 rings (SSSR count). The van der Waals surface area contributed by atoms with E-state index >= 15 is 0 Å². The maximum Gasteiger partial charge on any atom is 0.416 e. The van der Waals surface area contributed by atoms with Crippen molar-refractivity contribution in [3.05, 3.63) is 40.0 Å². The van der Waals surface area contributed by atoms with Crippen LogP contribution in [0.4, 0.5) is 19.0 Å². The van der Waals surface area contributed by atoms with E-state index in [2.05, 4.69) is 10.2 Å². The highest BCUT2D eigenvalue weighted by atomic mass is 35.5. The van der Waals surface area contributed by atoms with E-state index in [0.717, 1.165) is 74.6 Å². The number of piperidine rings is 1. The molecule has 1 fully saturated rings. The Morgan fingerprint density at radius 3 is 2.61 bits per heavy atom. The van der Waals surface area contributed by atoms with Gasteiger partial charge in [0.05, 0.1) is 22.0 Å². The normalized spacial score (nSPS) is 18.4. The van der Waals surface area contributed by atoms with Crippen LogP contribution >= 0.6 is 11.6 Å². The summed E-state index contributed by atoms with van der Waals surface area (Å²) in [5, 5.41) is 8.38. The van der Waals surface area contributed by atoms with Gasteiger partial charge in [-0.25, -0.2) is 4.68 Å². The molecular weight excluding hydrogens is 389 g/mol. The lowest BCUT2D eigenvalue weighted by Crippen LogP contribution is -2.29. The average molecular weight is 413 g/mol. The first-order valence-corrected chi connectivity index (χ1v) is 10.3. The highest BCUT2D eigenvalue weighted by Crippen LogP contribution is 2.36. The number of rotatable bonds is 3. The van der Waals surface area contributed by atoms with Gasteiger partial charge in [0.25, 0.3) is 0 Å². The van der Waals surface area contributed by atoms with Crippen molar-refractivity contribution in [2.45, 2.75) is 51.2 Å². The molecule has 4 nitrogen and oxygen atoms in total. The van der Waals surface area contributed by atoms with E-state index in [1.54, 1.807) is 4.68 Å². The van der Waals surface area contributed by atoms with Crippen molar-refractivity contribution >= 4 is 17.4 Å². The van der Waals surface area contributed by atoms with Crippen LogP contribution in [0.1, 0.15) is 48.9 Å². The van der Waals surface area contributed by atoms with Crippen molar-refractivity contribution in [2.24, 2.45) is 0 Å². The molecule has 152 valence electrons. The van der Waals surface area contributed by atoms with Gasteiger partial charge in [0.1, 0.15) is 5.82 Å². The fourth-order valence-electron chi connectivity index (χ4n) is 4.06. The monoisotopic (exact) mass is 412 g/mol. The third kappa shape index (κ3) is 4.01. The minimum Gasteiger partial charge on any atom is -0.370 e. The first-order valence-electron chi connectivity index (χ1n) is 9.87. The van der Waals surface area contributed by atoms with E-state index in [-0.39, 0.29) is 10.7 Å². The Bertz CT molecular complexity index is 841. The minimum atomic E-state index is -4.42. The molecular formula is C20H24ClF3N4. The highest BCUT2D eigenvalue weighted by Gasteiger charge is 2.32. The molecule has 2 aliphatic heterocycles. The summed E-state index contributed by atoms with van der Waals surface area (Å²) in [7, 11) is 0. The fraction of sp³-hybridized carbons (Fsp3) is 0.550. The number of hydrogen-bond acceptors (Lipinski definition) is 3. The SMILES string of the molecule is FC(F)(F)c1ccc(Cl)c(-n2nc(CN3CCCCC3)c3c2NCCCC3)c1. The Kier molecular flexibility index (Phi) is 5.56. The van der Waals surface area contributed by atoms with Gasteiger partial charge in [-0.15, -0.1) is 0 Å². The summed E-state index contributed by atoms with van der Waals surface area (Å²) in [5.41, 5.74) is 1.60.